The van der Waals surface area contributed by atoms with E-state index in [1.807, 2.05) is 0 Å². The highest BCUT2D eigenvalue weighted by molar-refractivity contribution is 6.11. The molecular formula is C22H14O6. The van der Waals surface area contributed by atoms with E-state index in [4.69, 9.17) is 0 Å². The molecule has 0 aliphatic rings. The van der Waals surface area contributed by atoms with Crippen LogP contribution in [-0.4, -0.2) is 32.4 Å². The van der Waals surface area contributed by atoms with Gasteiger partial charge in [-0.3, -0.25) is 0 Å². The molecule has 0 atom stereocenters. The van der Waals surface area contributed by atoms with Crippen LogP contribution < -0.4 is 0 Å². The third kappa shape index (κ3) is 2.68. The second kappa shape index (κ2) is 6.28. The Hall–Kier alpha value is -4.06. The molecule has 4 aromatic rings. The van der Waals surface area contributed by atoms with Crippen LogP contribution in [0.3, 0.4) is 0 Å². The Morgan fingerprint density at radius 1 is 0.571 bits per heavy atom. The molecule has 4 aromatic carbocycles. The average Bonchev–Trinajstić information content (AvgIpc) is 2.67. The highest BCUT2D eigenvalue weighted by Gasteiger charge is 2.19. The molecule has 0 radical (unpaired) electrons. The number of fused-ring (bicyclic) bond motifs is 2. The van der Waals surface area contributed by atoms with Crippen molar-refractivity contribution < 1.29 is 30.0 Å². The number of benzene rings is 4. The van der Waals surface area contributed by atoms with Crippen molar-refractivity contribution in [3.8, 4) is 22.6 Å². The van der Waals surface area contributed by atoms with Crippen LogP contribution in [0.25, 0.3) is 32.7 Å². The number of aromatic carboxylic acids is 2. The predicted molar refractivity (Wildman–Crippen MR) is 104 cm³/mol. The molecule has 0 amide bonds. The van der Waals surface area contributed by atoms with Gasteiger partial charge in [-0.1, -0.05) is 24.3 Å². The van der Waals surface area contributed by atoms with Crippen molar-refractivity contribution in [2.45, 2.75) is 0 Å². The second-order valence-electron chi connectivity index (χ2n) is 6.40. The third-order valence-electron chi connectivity index (χ3n) is 4.74. The largest absolute Gasteiger partial charge is 0.507 e. The van der Waals surface area contributed by atoms with Crippen molar-refractivity contribution in [1.29, 1.82) is 0 Å². The Morgan fingerprint density at radius 3 is 1.29 bits per heavy atom. The van der Waals surface area contributed by atoms with Crippen molar-refractivity contribution in [1.82, 2.24) is 0 Å². The van der Waals surface area contributed by atoms with Crippen LogP contribution >= 0.6 is 0 Å². The summed E-state index contributed by atoms with van der Waals surface area (Å²) in [4.78, 5) is 22.8. The predicted octanol–water partition coefficient (Wildman–Crippen LogP) is 4.47. The van der Waals surface area contributed by atoms with Gasteiger partial charge in [0.15, 0.2) is 0 Å². The van der Waals surface area contributed by atoms with Gasteiger partial charge in [0.25, 0.3) is 0 Å². The highest BCUT2D eigenvalue weighted by atomic mass is 16.4. The zero-order valence-electron chi connectivity index (χ0n) is 14.4. The van der Waals surface area contributed by atoms with Gasteiger partial charge in [-0.25, -0.2) is 9.59 Å². The Balaban J connectivity index is 2.17. The third-order valence-corrected chi connectivity index (χ3v) is 4.74. The number of rotatable bonds is 3. The lowest BCUT2D eigenvalue weighted by Crippen LogP contribution is -1.97. The van der Waals surface area contributed by atoms with E-state index in [-0.39, 0.29) is 33.8 Å². The summed E-state index contributed by atoms with van der Waals surface area (Å²) in [6.45, 7) is 0. The van der Waals surface area contributed by atoms with Crippen molar-refractivity contribution >= 4 is 33.5 Å². The molecule has 4 rings (SSSR count). The van der Waals surface area contributed by atoms with Crippen molar-refractivity contribution in [3.63, 3.8) is 0 Å². The zero-order valence-corrected chi connectivity index (χ0v) is 14.4. The maximum Gasteiger partial charge on any atom is 0.335 e. The van der Waals surface area contributed by atoms with E-state index >= 15 is 0 Å². The molecule has 0 saturated carbocycles. The number of carboxylic acid groups (broad SMARTS) is 2. The summed E-state index contributed by atoms with van der Waals surface area (Å²) in [6.07, 6.45) is 0. The Morgan fingerprint density at radius 2 is 0.929 bits per heavy atom. The van der Waals surface area contributed by atoms with Gasteiger partial charge in [0.2, 0.25) is 0 Å². The van der Waals surface area contributed by atoms with E-state index in [2.05, 4.69) is 0 Å². The first kappa shape index (κ1) is 17.4. The fraction of sp³-hybridized carbons (Fsp3) is 0. The summed E-state index contributed by atoms with van der Waals surface area (Å²) in [6, 6.07) is 15.2. The molecule has 28 heavy (non-hydrogen) atoms. The Bertz CT molecular complexity index is 1190. The van der Waals surface area contributed by atoms with Gasteiger partial charge in [0.1, 0.15) is 11.5 Å². The molecule has 138 valence electrons. The van der Waals surface area contributed by atoms with Gasteiger partial charge < -0.3 is 20.4 Å². The van der Waals surface area contributed by atoms with Crippen LogP contribution in [0.5, 0.6) is 11.5 Å². The van der Waals surface area contributed by atoms with Gasteiger partial charge in [0.05, 0.1) is 11.1 Å². The molecule has 6 heteroatoms. The standard InChI is InChI=1S/C22H14O6/c23-17-7-5-11-1-3-13(21(25)26)9-15(11)19(17)20-16-10-14(22(27)28)4-2-12(16)6-8-18(20)24/h1-10,23-24H,(H,25,26)(H,27,28). The number of aromatic hydroxyl groups is 2. The maximum absolute atomic E-state index is 11.4. The lowest BCUT2D eigenvalue weighted by atomic mass is 9.91. The molecule has 0 fully saturated rings. The second-order valence-corrected chi connectivity index (χ2v) is 6.40. The molecular weight excluding hydrogens is 360 g/mol. The molecule has 0 aromatic heterocycles. The number of carbonyl (C=O) groups is 2. The van der Waals surface area contributed by atoms with Crippen molar-refractivity contribution in [3.05, 3.63) is 71.8 Å². The minimum atomic E-state index is -1.12. The fourth-order valence-corrected chi connectivity index (χ4v) is 3.41. The SMILES string of the molecule is O=C(O)c1ccc2ccc(O)c(-c3c(O)ccc4ccc(C(=O)O)cc34)c2c1. The molecule has 0 bridgehead atoms. The maximum atomic E-state index is 11.4. The van der Waals surface area contributed by atoms with Crippen LogP contribution in [0.15, 0.2) is 60.7 Å². The van der Waals surface area contributed by atoms with Gasteiger partial charge >= 0.3 is 11.9 Å². The van der Waals surface area contributed by atoms with Gasteiger partial charge in [0, 0.05) is 11.1 Å². The number of hydrogen-bond acceptors (Lipinski definition) is 4. The minimum Gasteiger partial charge on any atom is -0.507 e. The Labute approximate surface area is 158 Å². The van der Waals surface area contributed by atoms with Crippen LogP contribution in [0.2, 0.25) is 0 Å². The lowest BCUT2D eigenvalue weighted by molar-refractivity contribution is 0.0686. The molecule has 0 aliphatic carbocycles. The number of phenolic OH excluding ortho intramolecular Hbond substituents is 2. The van der Waals surface area contributed by atoms with E-state index in [0.717, 1.165) is 0 Å². The molecule has 4 N–H and O–H groups in total. The molecule has 0 saturated heterocycles. The summed E-state index contributed by atoms with van der Waals surface area (Å²) in [5.74, 6) is -2.55. The summed E-state index contributed by atoms with van der Waals surface area (Å²) in [5.41, 5.74) is 0.549. The van der Waals surface area contributed by atoms with E-state index in [1.54, 1.807) is 24.3 Å². The van der Waals surface area contributed by atoms with Crippen LogP contribution in [0.4, 0.5) is 0 Å². The summed E-state index contributed by atoms with van der Waals surface area (Å²) < 4.78 is 0. The van der Waals surface area contributed by atoms with Gasteiger partial charge in [-0.15, -0.1) is 0 Å². The fourth-order valence-electron chi connectivity index (χ4n) is 3.41. The van der Waals surface area contributed by atoms with E-state index in [9.17, 15) is 30.0 Å². The number of hydrogen-bond donors (Lipinski definition) is 4. The lowest BCUT2D eigenvalue weighted by Gasteiger charge is -2.15. The summed E-state index contributed by atoms with van der Waals surface area (Å²) >= 11 is 0. The first-order chi connectivity index (χ1) is 13.4. The monoisotopic (exact) mass is 374 g/mol. The molecule has 0 aliphatic heterocycles. The first-order valence-electron chi connectivity index (χ1n) is 8.35. The van der Waals surface area contributed by atoms with E-state index in [1.165, 1.54) is 36.4 Å². The average molecular weight is 374 g/mol. The van der Waals surface area contributed by atoms with Crippen LogP contribution in [0, 0.1) is 0 Å². The highest BCUT2D eigenvalue weighted by Crippen LogP contribution is 2.44. The molecule has 0 heterocycles. The molecule has 6 nitrogen and oxygen atoms in total. The smallest absolute Gasteiger partial charge is 0.335 e. The number of phenols is 2. The topological polar surface area (TPSA) is 115 Å². The van der Waals surface area contributed by atoms with Crippen LogP contribution in [0.1, 0.15) is 20.7 Å². The van der Waals surface area contributed by atoms with E-state index < -0.39 is 11.9 Å². The van der Waals surface area contributed by atoms with Gasteiger partial charge in [-0.2, -0.15) is 0 Å². The minimum absolute atomic E-state index is 0.0327. The first-order valence-corrected chi connectivity index (χ1v) is 8.35. The van der Waals surface area contributed by atoms with Gasteiger partial charge in [-0.05, 0) is 57.9 Å². The summed E-state index contributed by atoms with van der Waals surface area (Å²) in [7, 11) is 0. The molecule has 0 unspecified atom stereocenters. The van der Waals surface area contributed by atoms with Crippen molar-refractivity contribution in [2.75, 3.05) is 0 Å². The summed E-state index contributed by atoms with van der Waals surface area (Å²) in [5, 5.41) is 42.0. The normalized spacial score (nSPS) is 11.0. The van der Waals surface area contributed by atoms with Crippen molar-refractivity contribution in [2.24, 2.45) is 0 Å². The Kier molecular flexibility index (Phi) is 3.89. The quantitative estimate of drug-likeness (QED) is 0.421. The number of carboxylic acids is 2. The van der Waals surface area contributed by atoms with Crippen LogP contribution in [-0.2, 0) is 0 Å². The molecule has 0 spiro atoms. The zero-order chi connectivity index (χ0) is 20.0. The van der Waals surface area contributed by atoms with E-state index in [0.29, 0.717) is 21.5 Å².